The Hall–Kier alpha value is -2.06. The van der Waals surface area contributed by atoms with E-state index < -0.39 is 0 Å². The van der Waals surface area contributed by atoms with Gasteiger partial charge in [-0.1, -0.05) is 42.5 Å². The van der Waals surface area contributed by atoms with Crippen LogP contribution in [0, 0.1) is 0 Å². The van der Waals surface area contributed by atoms with Gasteiger partial charge in [-0.15, -0.1) is 0 Å². The van der Waals surface area contributed by atoms with E-state index in [9.17, 15) is 0 Å². The SMILES string of the molecule is C=CCOC(=Nc1ccc(Cl)cc1)c1ccccc1. The third-order valence-corrected chi connectivity index (χ3v) is 2.67. The molecule has 19 heavy (non-hydrogen) atoms. The Balaban J connectivity index is 2.31. The van der Waals surface area contributed by atoms with Gasteiger partial charge in [0.15, 0.2) is 0 Å². The Labute approximate surface area is 118 Å². The molecular formula is C16H14ClNO. The van der Waals surface area contributed by atoms with Gasteiger partial charge in [-0.25, -0.2) is 4.99 Å². The van der Waals surface area contributed by atoms with Crippen LogP contribution in [0.2, 0.25) is 5.02 Å². The Morgan fingerprint density at radius 3 is 2.42 bits per heavy atom. The topological polar surface area (TPSA) is 21.6 Å². The molecule has 0 aromatic heterocycles. The van der Waals surface area contributed by atoms with Gasteiger partial charge in [0.2, 0.25) is 5.90 Å². The number of ether oxygens (including phenoxy) is 1. The van der Waals surface area contributed by atoms with Crippen LogP contribution in [0.1, 0.15) is 5.56 Å². The summed E-state index contributed by atoms with van der Waals surface area (Å²) in [7, 11) is 0. The normalized spacial score (nSPS) is 11.1. The summed E-state index contributed by atoms with van der Waals surface area (Å²) < 4.78 is 5.61. The highest BCUT2D eigenvalue weighted by molar-refractivity contribution is 6.30. The number of rotatable bonds is 4. The van der Waals surface area contributed by atoms with Gasteiger partial charge in [0, 0.05) is 10.6 Å². The number of benzene rings is 2. The maximum Gasteiger partial charge on any atom is 0.221 e. The minimum atomic E-state index is 0.418. The van der Waals surface area contributed by atoms with Gasteiger partial charge in [0.05, 0.1) is 5.69 Å². The number of hydrogen-bond donors (Lipinski definition) is 0. The lowest BCUT2D eigenvalue weighted by Gasteiger charge is -2.07. The van der Waals surface area contributed by atoms with E-state index in [1.54, 1.807) is 18.2 Å². The maximum absolute atomic E-state index is 5.86. The lowest BCUT2D eigenvalue weighted by molar-refractivity contribution is 0.352. The Kier molecular flexibility index (Phi) is 4.76. The molecule has 3 heteroatoms. The Morgan fingerprint density at radius 1 is 1.11 bits per heavy atom. The van der Waals surface area contributed by atoms with E-state index in [1.807, 2.05) is 42.5 Å². The molecule has 0 spiro atoms. The van der Waals surface area contributed by atoms with Crippen LogP contribution in [0.25, 0.3) is 0 Å². The van der Waals surface area contributed by atoms with E-state index in [2.05, 4.69) is 11.6 Å². The van der Waals surface area contributed by atoms with Crippen molar-refractivity contribution in [2.45, 2.75) is 0 Å². The second-order valence-electron chi connectivity index (χ2n) is 3.86. The second kappa shape index (κ2) is 6.76. The molecule has 0 fully saturated rings. The quantitative estimate of drug-likeness (QED) is 0.452. The highest BCUT2D eigenvalue weighted by Crippen LogP contribution is 2.18. The molecule has 0 atom stereocenters. The number of halogens is 1. The van der Waals surface area contributed by atoms with Crippen molar-refractivity contribution in [2.75, 3.05) is 6.61 Å². The van der Waals surface area contributed by atoms with Gasteiger partial charge in [-0.05, 0) is 36.4 Å². The van der Waals surface area contributed by atoms with Crippen LogP contribution in [-0.2, 0) is 4.74 Å². The summed E-state index contributed by atoms with van der Waals surface area (Å²) in [5.74, 6) is 0.572. The van der Waals surface area contributed by atoms with Crippen molar-refractivity contribution in [1.82, 2.24) is 0 Å². The zero-order valence-corrected chi connectivity index (χ0v) is 11.2. The molecule has 0 radical (unpaired) electrons. The van der Waals surface area contributed by atoms with Crippen molar-refractivity contribution in [3.8, 4) is 0 Å². The molecule has 2 aromatic rings. The predicted octanol–water partition coefficient (Wildman–Crippen LogP) is 4.62. The number of nitrogens with zero attached hydrogens (tertiary/aromatic N) is 1. The molecule has 2 rings (SSSR count). The zero-order chi connectivity index (χ0) is 13.5. The molecular weight excluding hydrogens is 258 g/mol. The van der Waals surface area contributed by atoms with E-state index in [-0.39, 0.29) is 0 Å². The number of hydrogen-bond acceptors (Lipinski definition) is 2. The summed E-state index contributed by atoms with van der Waals surface area (Å²) in [6.07, 6.45) is 1.69. The molecule has 0 amide bonds. The van der Waals surface area contributed by atoms with Crippen molar-refractivity contribution in [3.05, 3.63) is 77.8 Å². The van der Waals surface area contributed by atoms with Crippen LogP contribution in [0.5, 0.6) is 0 Å². The molecule has 2 nitrogen and oxygen atoms in total. The summed E-state index contributed by atoms with van der Waals surface area (Å²) in [6.45, 7) is 4.07. The monoisotopic (exact) mass is 271 g/mol. The molecule has 0 N–H and O–H groups in total. The lowest BCUT2D eigenvalue weighted by Crippen LogP contribution is -2.06. The summed E-state index contributed by atoms with van der Waals surface area (Å²) in [5.41, 5.74) is 1.73. The van der Waals surface area contributed by atoms with Crippen molar-refractivity contribution in [2.24, 2.45) is 4.99 Å². The highest BCUT2D eigenvalue weighted by atomic mass is 35.5. The Bertz CT molecular complexity index is 561. The fourth-order valence-corrected chi connectivity index (χ4v) is 1.66. The molecule has 0 heterocycles. The van der Waals surface area contributed by atoms with Crippen molar-refractivity contribution in [1.29, 1.82) is 0 Å². The van der Waals surface area contributed by atoms with Crippen molar-refractivity contribution < 1.29 is 4.74 Å². The van der Waals surface area contributed by atoms with Crippen LogP contribution < -0.4 is 0 Å². The summed E-state index contributed by atoms with van der Waals surface area (Å²) in [4.78, 5) is 4.50. The minimum absolute atomic E-state index is 0.418. The predicted molar refractivity (Wildman–Crippen MR) is 80.2 cm³/mol. The minimum Gasteiger partial charge on any atom is -0.473 e. The van der Waals surface area contributed by atoms with Crippen LogP contribution in [-0.4, -0.2) is 12.5 Å². The van der Waals surface area contributed by atoms with Crippen LogP contribution in [0.15, 0.2) is 72.2 Å². The van der Waals surface area contributed by atoms with Gasteiger partial charge < -0.3 is 4.74 Å². The van der Waals surface area contributed by atoms with Crippen molar-refractivity contribution in [3.63, 3.8) is 0 Å². The van der Waals surface area contributed by atoms with Gasteiger partial charge in [0.25, 0.3) is 0 Å². The summed E-state index contributed by atoms with van der Waals surface area (Å²) in [6, 6.07) is 17.1. The summed E-state index contributed by atoms with van der Waals surface area (Å²) >= 11 is 5.86. The fraction of sp³-hybridized carbons (Fsp3) is 0.0625. The first-order valence-corrected chi connectivity index (χ1v) is 6.31. The Morgan fingerprint density at radius 2 is 1.79 bits per heavy atom. The molecule has 0 saturated heterocycles. The van der Waals surface area contributed by atoms with Gasteiger partial charge in [-0.2, -0.15) is 0 Å². The van der Waals surface area contributed by atoms with Crippen LogP contribution in [0.4, 0.5) is 5.69 Å². The summed E-state index contributed by atoms with van der Waals surface area (Å²) in [5, 5.41) is 0.687. The largest absolute Gasteiger partial charge is 0.473 e. The molecule has 96 valence electrons. The first-order valence-electron chi connectivity index (χ1n) is 5.93. The molecule has 0 bridgehead atoms. The van der Waals surface area contributed by atoms with E-state index in [1.165, 1.54) is 0 Å². The molecule has 0 unspecified atom stereocenters. The van der Waals surface area contributed by atoms with E-state index in [4.69, 9.17) is 16.3 Å². The maximum atomic E-state index is 5.86. The molecule has 0 saturated carbocycles. The zero-order valence-electron chi connectivity index (χ0n) is 10.4. The third-order valence-electron chi connectivity index (χ3n) is 2.42. The van der Waals surface area contributed by atoms with Gasteiger partial charge >= 0.3 is 0 Å². The van der Waals surface area contributed by atoms with E-state index in [0.717, 1.165) is 11.3 Å². The van der Waals surface area contributed by atoms with Gasteiger partial charge in [0.1, 0.15) is 6.61 Å². The first-order chi connectivity index (χ1) is 9.29. The second-order valence-corrected chi connectivity index (χ2v) is 4.30. The highest BCUT2D eigenvalue weighted by Gasteiger charge is 2.04. The van der Waals surface area contributed by atoms with Crippen molar-refractivity contribution >= 4 is 23.2 Å². The van der Waals surface area contributed by atoms with Gasteiger partial charge in [-0.3, -0.25) is 0 Å². The third kappa shape index (κ3) is 3.97. The standard InChI is InChI=1S/C16H14ClNO/c1-2-12-19-16(13-6-4-3-5-7-13)18-15-10-8-14(17)9-11-15/h2-11H,1,12H2. The van der Waals surface area contributed by atoms with Crippen LogP contribution >= 0.6 is 11.6 Å². The number of aliphatic imine (C=N–C) groups is 1. The smallest absolute Gasteiger partial charge is 0.221 e. The molecule has 0 aliphatic carbocycles. The molecule has 2 aromatic carbocycles. The molecule has 0 aliphatic heterocycles. The van der Waals surface area contributed by atoms with E-state index >= 15 is 0 Å². The average molecular weight is 272 g/mol. The first kappa shape index (κ1) is 13.4. The van der Waals surface area contributed by atoms with Crippen LogP contribution in [0.3, 0.4) is 0 Å². The molecule has 0 aliphatic rings. The average Bonchev–Trinajstić information content (AvgIpc) is 2.46. The lowest BCUT2D eigenvalue weighted by atomic mass is 10.2. The van der Waals surface area contributed by atoms with E-state index in [0.29, 0.717) is 17.5 Å². The fourth-order valence-electron chi connectivity index (χ4n) is 1.53.